The standard InChI is InChI=1S/C13H12N2O5/c16-11-6-10(12(17)18)15(13(19)14-11)8-20-7-9-4-2-1-3-5-9/h1-6H,7-8H2,(H,17,18)(H,14,16,19). The molecule has 0 fully saturated rings. The molecule has 104 valence electrons. The number of aromatic amines is 1. The summed E-state index contributed by atoms with van der Waals surface area (Å²) in [5.41, 5.74) is -1.09. The van der Waals surface area contributed by atoms with E-state index in [4.69, 9.17) is 9.84 Å². The van der Waals surface area contributed by atoms with Crippen LogP contribution in [0.1, 0.15) is 16.1 Å². The van der Waals surface area contributed by atoms with Crippen molar-refractivity contribution < 1.29 is 14.6 Å². The monoisotopic (exact) mass is 276 g/mol. The van der Waals surface area contributed by atoms with E-state index in [-0.39, 0.29) is 13.3 Å². The van der Waals surface area contributed by atoms with Crippen molar-refractivity contribution in [2.24, 2.45) is 0 Å². The normalized spacial score (nSPS) is 10.4. The van der Waals surface area contributed by atoms with E-state index in [2.05, 4.69) is 0 Å². The first-order valence-electron chi connectivity index (χ1n) is 5.77. The van der Waals surface area contributed by atoms with Crippen molar-refractivity contribution >= 4 is 5.97 Å². The van der Waals surface area contributed by atoms with Crippen LogP contribution in [0.3, 0.4) is 0 Å². The number of carboxylic acids is 1. The summed E-state index contributed by atoms with van der Waals surface area (Å²) in [6.07, 6.45) is 0. The number of H-pyrrole nitrogens is 1. The van der Waals surface area contributed by atoms with E-state index in [1.54, 1.807) is 0 Å². The lowest BCUT2D eigenvalue weighted by atomic mass is 10.2. The van der Waals surface area contributed by atoms with Gasteiger partial charge < -0.3 is 9.84 Å². The molecule has 1 aromatic heterocycles. The topological polar surface area (TPSA) is 101 Å². The van der Waals surface area contributed by atoms with Crippen molar-refractivity contribution in [3.63, 3.8) is 0 Å². The van der Waals surface area contributed by atoms with Gasteiger partial charge in [-0.1, -0.05) is 30.3 Å². The van der Waals surface area contributed by atoms with Gasteiger partial charge in [0.05, 0.1) is 6.61 Å². The predicted octanol–water partition coefficient (Wildman–Crippen LogP) is 0.409. The second-order valence-electron chi connectivity index (χ2n) is 4.02. The van der Waals surface area contributed by atoms with Crippen LogP contribution in [0.25, 0.3) is 0 Å². The number of ether oxygens (including phenoxy) is 1. The Morgan fingerprint density at radius 3 is 2.60 bits per heavy atom. The van der Waals surface area contributed by atoms with E-state index in [9.17, 15) is 14.4 Å². The molecule has 0 amide bonds. The number of rotatable bonds is 5. The van der Waals surface area contributed by atoms with E-state index in [1.165, 1.54) is 0 Å². The highest BCUT2D eigenvalue weighted by Crippen LogP contribution is 2.01. The molecule has 0 unspecified atom stereocenters. The summed E-state index contributed by atoms with van der Waals surface area (Å²) in [6, 6.07) is 10.1. The summed E-state index contributed by atoms with van der Waals surface area (Å²) in [5, 5.41) is 8.96. The highest BCUT2D eigenvalue weighted by Gasteiger charge is 2.12. The average Bonchev–Trinajstić information content (AvgIpc) is 2.41. The van der Waals surface area contributed by atoms with Crippen LogP contribution in [0.5, 0.6) is 0 Å². The number of aromatic carboxylic acids is 1. The summed E-state index contributed by atoms with van der Waals surface area (Å²) in [5.74, 6) is -1.36. The Morgan fingerprint density at radius 1 is 1.25 bits per heavy atom. The minimum atomic E-state index is -1.36. The van der Waals surface area contributed by atoms with Crippen LogP contribution in [-0.2, 0) is 18.1 Å². The van der Waals surface area contributed by atoms with Gasteiger partial charge in [-0.15, -0.1) is 0 Å². The Labute approximate surface area is 113 Å². The average molecular weight is 276 g/mol. The van der Waals surface area contributed by atoms with Crippen LogP contribution >= 0.6 is 0 Å². The van der Waals surface area contributed by atoms with Gasteiger partial charge in [0.2, 0.25) is 0 Å². The maximum atomic E-state index is 11.6. The fourth-order valence-corrected chi connectivity index (χ4v) is 1.65. The quantitative estimate of drug-likeness (QED) is 0.823. The van der Waals surface area contributed by atoms with E-state index in [0.717, 1.165) is 16.2 Å². The second kappa shape index (κ2) is 5.98. The minimum Gasteiger partial charge on any atom is -0.477 e. The molecule has 7 nitrogen and oxygen atoms in total. The SMILES string of the molecule is O=C(O)c1cc(=O)[nH]c(=O)n1COCc1ccccc1. The lowest BCUT2D eigenvalue weighted by Crippen LogP contribution is -2.34. The van der Waals surface area contributed by atoms with E-state index >= 15 is 0 Å². The van der Waals surface area contributed by atoms with Crippen molar-refractivity contribution in [2.45, 2.75) is 13.3 Å². The second-order valence-corrected chi connectivity index (χ2v) is 4.02. The van der Waals surface area contributed by atoms with Gasteiger partial charge in [-0.2, -0.15) is 0 Å². The largest absolute Gasteiger partial charge is 0.477 e. The maximum Gasteiger partial charge on any atom is 0.352 e. The van der Waals surface area contributed by atoms with Crippen molar-refractivity contribution in [2.75, 3.05) is 0 Å². The van der Waals surface area contributed by atoms with E-state index in [0.29, 0.717) is 0 Å². The Morgan fingerprint density at radius 2 is 1.95 bits per heavy atom. The molecule has 1 aromatic carbocycles. The first-order valence-corrected chi connectivity index (χ1v) is 5.77. The van der Waals surface area contributed by atoms with Crippen LogP contribution in [-0.4, -0.2) is 20.6 Å². The summed E-state index contributed by atoms with van der Waals surface area (Å²) < 4.78 is 6.15. The molecule has 7 heteroatoms. The van der Waals surface area contributed by atoms with Gasteiger partial charge in [0.1, 0.15) is 12.4 Å². The zero-order valence-electron chi connectivity index (χ0n) is 10.4. The number of hydrogen-bond acceptors (Lipinski definition) is 4. The van der Waals surface area contributed by atoms with Gasteiger partial charge in [0, 0.05) is 6.07 Å². The zero-order valence-corrected chi connectivity index (χ0v) is 10.4. The molecule has 0 bridgehead atoms. The van der Waals surface area contributed by atoms with Gasteiger partial charge >= 0.3 is 11.7 Å². The molecule has 0 spiro atoms. The van der Waals surface area contributed by atoms with Crippen molar-refractivity contribution in [3.05, 3.63) is 68.5 Å². The molecule has 0 radical (unpaired) electrons. The fourth-order valence-electron chi connectivity index (χ4n) is 1.65. The highest BCUT2D eigenvalue weighted by atomic mass is 16.5. The third-order valence-electron chi connectivity index (χ3n) is 2.58. The molecular weight excluding hydrogens is 264 g/mol. The Bertz CT molecular complexity index is 718. The van der Waals surface area contributed by atoms with Gasteiger partial charge in [-0.25, -0.2) is 9.59 Å². The Balaban J connectivity index is 2.15. The zero-order chi connectivity index (χ0) is 14.5. The molecule has 2 aromatic rings. The molecular formula is C13H12N2O5. The molecule has 0 aliphatic heterocycles. The van der Waals surface area contributed by atoms with Crippen molar-refractivity contribution in [1.29, 1.82) is 0 Å². The molecule has 1 heterocycles. The molecule has 0 saturated carbocycles. The van der Waals surface area contributed by atoms with Crippen LogP contribution in [0.2, 0.25) is 0 Å². The molecule has 2 N–H and O–H groups in total. The summed E-state index contributed by atoms with van der Waals surface area (Å²) in [4.78, 5) is 35.6. The minimum absolute atomic E-state index is 0.228. The molecule has 20 heavy (non-hydrogen) atoms. The summed E-state index contributed by atoms with van der Waals surface area (Å²) >= 11 is 0. The lowest BCUT2D eigenvalue weighted by Gasteiger charge is -2.09. The number of nitrogens with one attached hydrogen (secondary N) is 1. The third-order valence-corrected chi connectivity index (χ3v) is 2.58. The highest BCUT2D eigenvalue weighted by molar-refractivity contribution is 5.85. The van der Waals surface area contributed by atoms with E-state index < -0.39 is 22.9 Å². The van der Waals surface area contributed by atoms with E-state index in [1.807, 2.05) is 35.3 Å². The smallest absolute Gasteiger partial charge is 0.352 e. The Kier molecular flexibility index (Phi) is 4.11. The third kappa shape index (κ3) is 3.21. The van der Waals surface area contributed by atoms with Gasteiger partial charge in [-0.05, 0) is 5.56 Å². The number of carbonyl (C=O) groups is 1. The number of nitrogens with zero attached hydrogens (tertiary/aromatic N) is 1. The summed E-state index contributed by atoms with van der Waals surface area (Å²) in [6.45, 7) is -0.0302. The molecule has 2 rings (SSSR count). The molecule has 0 aliphatic carbocycles. The number of carboxylic acid groups (broad SMARTS) is 1. The molecule has 0 saturated heterocycles. The van der Waals surface area contributed by atoms with Crippen molar-refractivity contribution in [1.82, 2.24) is 9.55 Å². The fraction of sp³-hybridized carbons (Fsp3) is 0.154. The first kappa shape index (κ1) is 13.8. The predicted molar refractivity (Wildman–Crippen MR) is 69.5 cm³/mol. The van der Waals surface area contributed by atoms with Gasteiger partial charge in [0.15, 0.2) is 0 Å². The van der Waals surface area contributed by atoms with Gasteiger partial charge in [0.25, 0.3) is 5.56 Å². The number of benzene rings is 1. The molecule has 0 atom stereocenters. The van der Waals surface area contributed by atoms with Crippen LogP contribution in [0, 0.1) is 0 Å². The molecule has 0 aliphatic rings. The maximum absolute atomic E-state index is 11.6. The van der Waals surface area contributed by atoms with Crippen LogP contribution in [0.4, 0.5) is 0 Å². The summed E-state index contributed by atoms with van der Waals surface area (Å²) in [7, 11) is 0. The van der Waals surface area contributed by atoms with Crippen LogP contribution < -0.4 is 11.2 Å². The lowest BCUT2D eigenvalue weighted by molar-refractivity contribution is 0.0508. The Hall–Kier alpha value is -2.67. The van der Waals surface area contributed by atoms with Gasteiger partial charge in [-0.3, -0.25) is 14.3 Å². The number of aromatic nitrogens is 2. The number of hydrogen-bond donors (Lipinski definition) is 2. The van der Waals surface area contributed by atoms with Crippen molar-refractivity contribution in [3.8, 4) is 0 Å². The van der Waals surface area contributed by atoms with Crippen LogP contribution in [0.15, 0.2) is 46.0 Å². The first-order chi connectivity index (χ1) is 9.58.